The Labute approximate surface area is 135 Å². The van der Waals surface area contributed by atoms with Crippen molar-refractivity contribution in [3.8, 4) is 22.6 Å². The molecule has 0 unspecified atom stereocenters. The summed E-state index contributed by atoms with van der Waals surface area (Å²) >= 11 is 3.44. The van der Waals surface area contributed by atoms with Crippen molar-refractivity contribution in [1.29, 1.82) is 0 Å². The second kappa shape index (κ2) is 8.73. The molecule has 0 fully saturated rings. The predicted molar refractivity (Wildman–Crippen MR) is 91.6 cm³/mol. The SMILES string of the molecule is COc1ccc(-c2ccc(OCCCCCBr)cc2)cc1. The van der Waals surface area contributed by atoms with Crippen LogP contribution in [0.15, 0.2) is 48.5 Å². The van der Waals surface area contributed by atoms with Gasteiger partial charge in [0.1, 0.15) is 11.5 Å². The van der Waals surface area contributed by atoms with Crippen molar-refractivity contribution >= 4 is 15.9 Å². The predicted octanol–water partition coefficient (Wildman–Crippen LogP) is 5.31. The molecular formula is C18H21BrO2. The molecule has 0 radical (unpaired) electrons. The lowest BCUT2D eigenvalue weighted by Gasteiger charge is -2.08. The maximum Gasteiger partial charge on any atom is 0.119 e. The summed E-state index contributed by atoms with van der Waals surface area (Å²) in [5.41, 5.74) is 2.36. The quantitative estimate of drug-likeness (QED) is 0.475. The van der Waals surface area contributed by atoms with Crippen LogP contribution in [-0.2, 0) is 0 Å². The van der Waals surface area contributed by atoms with Crippen molar-refractivity contribution in [3.05, 3.63) is 48.5 Å². The van der Waals surface area contributed by atoms with Crippen molar-refractivity contribution in [1.82, 2.24) is 0 Å². The second-order valence-corrected chi connectivity index (χ2v) is 5.64. The highest BCUT2D eigenvalue weighted by Crippen LogP contribution is 2.24. The third-order valence-electron chi connectivity index (χ3n) is 3.32. The third-order valence-corrected chi connectivity index (χ3v) is 3.89. The van der Waals surface area contributed by atoms with Crippen LogP contribution in [0, 0.1) is 0 Å². The Kier molecular flexibility index (Phi) is 6.61. The van der Waals surface area contributed by atoms with Gasteiger partial charge in [-0.2, -0.15) is 0 Å². The van der Waals surface area contributed by atoms with Gasteiger partial charge < -0.3 is 9.47 Å². The topological polar surface area (TPSA) is 18.5 Å². The minimum Gasteiger partial charge on any atom is -0.497 e. The van der Waals surface area contributed by atoms with E-state index in [2.05, 4.69) is 40.2 Å². The van der Waals surface area contributed by atoms with E-state index >= 15 is 0 Å². The minimum absolute atomic E-state index is 0.787. The van der Waals surface area contributed by atoms with E-state index in [9.17, 15) is 0 Å². The zero-order valence-corrected chi connectivity index (χ0v) is 13.9. The second-order valence-electron chi connectivity index (χ2n) is 4.85. The summed E-state index contributed by atoms with van der Waals surface area (Å²) in [5, 5.41) is 1.07. The van der Waals surface area contributed by atoms with E-state index in [1.165, 1.54) is 24.0 Å². The van der Waals surface area contributed by atoms with Crippen molar-refractivity contribution < 1.29 is 9.47 Å². The van der Waals surface area contributed by atoms with Crippen molar-refractivity contribution in [2.24, 2.45) is 0 Å². The summed E-state index contributed by atoms with van der Waals surface area (Å²) in [5.74, 6) is 1.81. The first kappa shape index (κ1) is 15.9. The molecule has 0 amide bonds. The zero-order chi connectivity index (χ0) is 14.9. The van der Waals surface area contributed by atoms with E-state index in [-0.39, 0.29) is 0 Å². The lowest BCUT2D eigenvalue weighted by Crippen LogP contribution is -1.97. The highest BCUT2D eigenvalue weighted by molar-refractivity contribution is 9.09. The van der Waals surface area contributed by atoms with Gasteiger partial charge in [0.15, 0.2) is 0 Å². The average molecular weight is 349 g/mol. The highest BCUT2D eigenvalue weighted by atomic mass is 79.9. The number of benzene rings is 2. The fourth-order valence-corrected chi connectivity index (χ4v) is 2.49. The molecule has 0 atom stereocenters. The molecule has 2 rings (SSSR count). The molecule has 112 valence electrons. The third kappa shape index (κ3) is 5.09. The average Bonchev–Trinajstić information content (AvgIpc) is 2.55. The van der Waals surface area contributed by atoms with Crippen LogP contribution < -0.4 is 9.47 Å². The van der Waals surface area contributed by atoms with E-state index in [0.29, 0.717) is 0 Å². The molecule has 0 N–H and O–H groups in total. The number of methoxy groups -OCH3 is 1. The van der Waals surface area contributed by atoms with Crippen LogP contribution in [0.4, 0.5) is 0 Å². The van der Waals surface area contributed by atoms with Crippen LogP contribution in [0.5, 0.6) is 11.5 Å². The summed E-state index contributed by atoms with van der Waals surface area (Å²) in [6.45, 7) is 0.787. The smallest absolute Gasteiger partial charge is 0.119 e. The first-order valence-corrected chi connectivity index (χ1v) is 8.39. The molecule has 0 aromatic heterocycles. The van der Waals surface area contributed by atoms with Gasteiger partial charge in [-0.25, -0.2) is 0 Å². The van der Waals surface area contributed by atoms with Crippen molar-refractivity contribution in [2.75, 3.05) is 19.0 Å². The normalized spacial score (nSPS) is 10.4. The van der Waals surface area contributed by atoms with Crippen LogP contribution in [0.3, 0.4) is 0 Å². The fraction of sp³-hybridized carbons (Fsp3) is 0.333. The van der Waals surface area contributed by atoms with Gasteiger partial charge in [0.05, 0.1) is 13.7 Å². The van der Waals surface area contributed by atoms with Gasteiger partial charge in [-0.1, -0.05) is 40.2 Å². The maximum absolute atomic E-state index is 5.74. The number of hydrogen-bond acceptors (Lipinski definition) is 2. The Balaban J connectivity index is 1.88. The Hall–Kier alpha value is -1.48. The largest absolute Gasteiger partial charge is 0.497 e. The van der Waals surface area contributed by atoms with Gasteiger partial charge in [0.25, 0.3) is 0 Å². The van der Waals surface area contributed by atoms with Crippen LogP contribution in [-0.4, -0.2) is 19.0 Å². The molecule has 21 heavy (non-hydrogen) atoms. The van der Waals surface area contributed by atoms with Crippen LogP contribution >= 0.6 is 15.9 Å². The Morgan fingerprint density at radius 3 is 1.86 bits per heavy atom. The molecule has 0 saturated heterocycles. The van der Waals surface area contributed by atoms with Gasteiger partial charge in [-0.15, -0.1) is 0 Å². The lowest BCUT2D eigenvalue weighted by molar-refractivity contribution is 0.306. The van der Waals surface area contributed by atoms with Crippen molar-refractivity contribution in [3.63, 3.8) is 0 Å². The molecule has 0 aliphatic rings. The molecule has 2 nitrogen and oxygen atoms in total. The number of alkyl halides is 1. The van der Waals surface area contributed by atoms with Gasteiger partial charge in [-0.3, -0.25) is 0 Å². The molecule has 0 saturated carbocycles. The summed E-state index contributed by atoms with van der Waals surface area (Å²) in [6.07, 6.45) is 3.51. The van der Waals surface area contributed by atoms with Crippen LogP contribution in [0.25, 0.3) is 11.1 Å². The first-order valence-electron chi connectivity index (χ1n) is 7.27. The van der Waals surface area contributed by atoms with E-state index in [4.69, 9.17) is 9.47 Å². The zero-order valence-electron chi connectivity index (χ0n) is 12.3. The molecule has 2 aromatic rings. The highest BCUT2D eigenvalue weighted by Gasteiger charge is 2.00. The van der Waals surface area contributed by atoms with Gasteiger partial charge in [0, 0.05) is 5.33 Å². The standard InChI is InChI=1S/C18H21BrO2/c1-20-17-9-5-15(6-10-17)16-7-11-18(12-8-16)21-14-4-2-3-13-19/h5-12H,2-4,13-14H2,1H3. The molecule has 3 heteroatoms. The Bertz CT molecular complexity index is 520. The van der Waals surface area contributed by atoms with Crippen molar-refractivity contribution in [2.45, 2.75) is 19.3 Å². The Morgan fingerprint density at radius 2 is 1.33 bits per heavy atom. The number of ether oxygens (including phenoxy) is 2. The number of halogens is 1. The minimum atomic E-state index is 0.787. The number of hydrogen-bond donors (Lipinski definition) is 0. The monoisotopic (exact) mass is 348 g/mol. The van der Waals surface area contributed by atoms with Crippen LogP contribution in [0.1, 0.15) is 19.3 Å². The van der Waals surface area contributed by atoms with E-state index in [1.54, 1.807) is 7.11 Å². The van der Waals surface area contributed by atoms with Gasteiger partial charge in [-0.05, 0) is 54.7 Å². The lowest BCUT2D eigenvalue weighted by atomic mass is 10.1. The van der Waals surface area contributed by atoms with E-state index in [0.717, 1.165) is 29.9 Å². The Morgan fingerprint density at radius 1 is 0.762 bits per heavy atom. The van der Waals surface area contributed by atoms with Crippen LogP contribution in [0.2, 0.25) is 0 Å². The molecule has 0 bridgehead atoms. The molecule has 0 heterocycles. The molecular weight excluding hydrogens is 328 g/mol. The van der Waals surface area contributed by atoms with E-state index in [1.807, 2.05) is 24.3 Å². The first-order chi connectivity index (χ1) is 10.3. The summed E-state index contributed by atoms with van der Waals surface area (Å²) in [7, 11) is 1.68. The van der Waals surface area contributed by atoms with Gasteiger partial charge in [0.2, 0.25) is 0 Å². The molecule has 0 aliphatic heterocycles. The maximum atomic E-state index is 5.74. The number of rotatable bonds is 8. The fourth-order valence-electron chi connectivity index (χ4n) is 2.09. The molecule has 2 aromatic carbocycles. The summed E-state index contributed by atoms with van der Waals surface area (Å²) in [4.78, 5) is 0. The number of unbranched alkanes of at least 4 members (excludes halogenated alkanes) is 2. The van der Waals surface area contributed by atoms with E-state index < -0.39 is 0 Å². The van der Waals surface area contributed by atoms with Gasteiger partial charge >= 0.3 is 0 Å². The summed E-state index contributed by atoms with van der Waals surface area (Å²) in [6, 6.07) is 16.3. The molecule has 0 spiro atoms. The molecule has 0 aliphatic carbocycles. The summed E-state index contributed by atoms with van der Waals surface area (Å²) < 4.78 is 10.9.